The van der Waals surface area contributed by atoms with Crippen molar-refractivity contribution in [3.63, 3.8) is 0 Å². The molecule has 0 aliphatic carbocycles. The number of halogens is 1. The monoisotopic (exact) mass is 308 g/mol. The number of benzene rings is 1. The molecule has 2 aromatic rings. The maximum atomic E-state index is 10.8. The van der Waals surface area contributed by atoms with Crippen LogP contribution in [0.15, 0.2) is 28.8 Å². The van der Waals surface area contributed by atoms with Gasteiger partial charge in [-0.2, -0.15) is 4.98 Å². The molecule has 0 spiro atoms. The van der Waals surface area contributed by atoms with Crippen molar-refractivity contribution in [3.8, 4) is 0 Å². The molecule has 0 atom stereocenters. The molecule has 21 heavy (non-hydrogen) atoms. The number of carbonyl (C=O) groups is 1. The van der Waals surface area contributed by atoms with Crippen LogP contribution >= 0.6 is 11.6 Å². The molecule has 1 aromatic heterocycles. The zero-order valence-corrected chi connectivity index (χ0v) is 12.7. The first-order chi connectivity index (χ1) is 9.85. The third kappa shape index (κ3) is 4.56. The molecule has 0 radical (unpaired) electrons. The summed E-state index contributed by atoms with van der Waals surface area (Å²) in [5, 5.41) is 13.5. The van der Waals surface area contributed by atoms with Crippen LogP contribution in [0.2, 0.25) is 5.02 Å². The van der Waals surface area contributed by atoms with Gasteiger partial charge in [0.1, 0.15) is 0 Å². The molecule has 0 saturated carbocycles. The molecule has 1 N–H and O–H groups in total. The van der Waals surface area contributed by atoms with Crippen LogP contribution in [-0.4, -0.2) is 21.2 Å². The Labute approximate surface area is 127 Å². The smallest absolute Gasteiger partial charge is 0.303 e. The maximum absolute atomic E-state index is 10.8. The van der Waals surface area contributed by atoms with E-state index < -0.39 is 11.4 Å². The number of aromatic nitrogens is 2. The Morgan fingerprint density at radius 2 is 2.10 bits per heavy atom. The average molecular weight is 309 g/mol. The molecule has 0 aliphatic heterocycles. The molecule has 1 heterocycles. The zero-order chi connectivity index (χ0) is 15.5. The van der Waals surface area contributed by atoms with Gasteiger partial charge < -0.3 is 9.63 Å². The number of carboxylic acids is 1. The fourth-order valence-electron chi connectivity index (χ4n) is 2.13. The Morgan fingerprint density at radius 1 is 1.38 bits per heavy atom. The summed E-state index contributed by atoms with van der Waals surface area (Å²) in [6.45, 7) is 3.72. The van der Waals surface area contributed by atoms with Gasteiger partial charge in [-0.3, -0.25) is 4.79 Å². The number of carboxylic acid groups (broad SMARTS) is 1. The van der Waals surface area contributed by atoms with Gasteiger partial charge in [-0.1, -0.05) is 48.8 Å². The van der Waals surface area contributed by atoms with Crippen molar-refractivity contribution in [2.75, 3.05) is 0 Å². The highest BCUT2D eigenvalue weighted by molar-refractivity contribution is 6.31. The molecule has 0 unspecified atom stereocenters. The van der Waals surface area contributed by atoms with Crippen LogP contribution in [0.25, 0.3) is 0 Å². The Balaban J connectivity index is 2.05. The molecule has 112 valence electrons. The summed E-state index contributed by atoms with van der Waals surface area (Å²) < 4.78 is 5.20. The molecule has 0 amide bonds. The Morgan fingerprint density at radius 3 is 2.76 bits per heavy atom. The maximum Gasteiger partial charge on any atom is 0.303 e. The number of nitrogens with zero attached hydrogens (tertiary/aromatic N) is 2. The minimum absolute atomic E-state index is 0.0508. The largest absolute Gasteiger partial charge is 0.481 e. The van der Waals surface area contributed by atoms with E-state index in [-0.39, 0.29) is 6.42 Å². The number of hydrogen-bond donors (Lipinski definition) is 1. The summed E-state index contributed by atoms with van der Waals surface area (Å²) in [5.74, 6) is 0.156. The first kappa shape index (κ1) is 15.5. The molecular formula is C15H17ClN2O3. The van der Waals surface area contributed by atoms with E-state index >= 15 is 0 Å². The van der Waals surface area contributed by atoms with Crippen LogP contribution in [-0.2, 0) is 17.6 Å². The summed E-state index contributed by atoms with van der Waals surface area (Å²) in [6, 6.07) is 7.49. The van der Waals surface area contributed by atoms with Gasteiger partial charge in [0, 0.05) is 17.9 Å². The molecule has 0 saturated heterocycles. The molecule has 6 heteroatoms. The highest BCUT2D eigenvalue weighted by Crippen LogP contribution is 2.25. The second-order valence-electron chi connectivity index (χ2n) is 5.78. The predicted octanol–water partition coefficient (Wildman–Crippen LogP) is 3.36. The van der Waals surface area contributed by atoms with Gasteiger partial charge in [0.25, 0.3) is 0 Å². The lowest BCUT2D eigenvalue weighted by atomic mass is 9.86. The van der Waals surface area contributed by atoms with Gasteiger partial charge in [-0.05, 0) is 17.0 Å². The first-order valence-electron chi connectivity index (χ1n) is 6.62. The third-order valence-electron chi connectivity index (χ3n) is 3.08. The van der Waals surface area contributed by atoms with Gasteiger partial charge in [-0.15, -0.1) is 0 Å². The Bertz CT molecular complexity index is 637. The van der Waals surface area contributed by atoms with E-state index in [9.17, 15) is 4.79 Å². The molecular weight excluding hydrogens is 292 g/mol. The van der Waals surface area contributed by atoms with Crippen LogP contribution in [0, 0.1) is 5.41 Å². The van der Waals surface area contributed by atoms with Crippen molar-refractivity contribution in [2.45, 2.75) is 33.1 Å². The van der Waals surface area contributed by atoms with E-state index in [0.29, 0.717) is 29.6 Å². The van der Waals surface area contributed by atoms with Gasteiger partial charge in [0.2, 0.25) is 5.89 Å². The predicted molar refractivity (Wildman–Crippen MR) is 78.3 cm³/mol. The van der Waals surface area contributed by atoms with Gasteiger partial charge in [0.15, 0.2) is 5.82 Å². The van der Waals surface area contributed by atoms with E-state index in [1.807, 2.05) is 38.1 Å². The van der Waals surface area contributed by atoms with Crippen LogP contribution in [0.3, 0.4) is 0 Å². The van der Waals surface area contributed by atoms with Crippen molar-refractivity contribution in [2.24, 2.45) is 5.41 Å². The average Bonchev–Trinajstić information content (AvgIpc) is 2.77. The Kier molecular flexibility index (Phi) is 4.63. The molecule has 0 bridgehead atoms. The van der Waals surface area contributed by atoms with E-state index in [2.05, 4.69) is 10.1 Å². The van der Waals surface area contributed by atoms with Crippen molar-refractivity contribution in [1.82, 2.24) is 10.1 Å². The van der Waals surface area contributed by atoms with Gasteiger partial charge >= 0.3 is 5.97 Å². The molecule has 1 aromatic carbocycles. The normalized spacial score (nSPS) is 11.6. The first-order valence-corrected chi connectivity index (χ1v) is 7.00. The zero-order valence-electron chi connectivity index (χ0n) is 12.0. The highest BCUT2D eigenvalue weighted by atomic mass is 35.5. The SMILES string of the molecule is CC(C)(CC(=O)O)Cc1nc(Cc2ccccc2Cl)no1. The topological polar surface area (TPSA) is 76.2 Å². The van der Waals surface area contributed by atoms with E-state index in [1.165, 1.54) is 0 Å². The van der Waals surface area contributed by atoms with Crippen molar-refractivity contribution >= 4 is 17.6 Å². The summed E-state index contributed by atoms with van der Waals surface area (Å²) in [4.78, 5) is 15.1. The minimum Gasteiger partial charge on any atom is -0.481 e. The van der Waals surface area contributed by atoms with Gasteiger partial charge in [0.05, 0.1) is 6.42 Å². The fraction of sp³-hybridized carbons (Fsp3) is 0.400. The molecule has 5 nitrogen and oxygen atoms in total. The van der Waals surface area contributed by atoms with Crippen LogP contribution < -0.4 is 0 Å². The summed E-state index contributed by atoms with van der Waals surface area (Å²) in [5.41, 5.74) is 0.497. The van der Waals surface area contributed by atoms with E-state index in [4.69, 9.17) is 21.2 Å². The third-order valence-corrected chi connectivity index (χ3v) is 3.44. The molecule has 0 aliphatic rings. The minimum atomic E-state index is -0.837. The molecule has 2 rings (SSSR count). The lowest BCUT2D eigenvalue weighted by molar-refractivity contribution is -0.139. The second kappa shape index (κ2) is 6.26. The van der Waals surface area contributed by atoms with Gasteiger partial charge in [-0.25, -0.2) is 0 Å². The number of hydrogen-bond acceptors (Lipinski definition) is 4. The van der Waals surface area contributed by atoms with Crippen LogP contribution in [0.1, 0.15) is 37.5 Å². The lowest BCUT2D eigenvalue weighted by Crippen LogP contribution is -2.19. The molecule has 0 fully saturated rings. The highest BCUT2D eigenvalue weighted by Gasteiger charge is 2.25. The second-order valence-corrected chi connectivity index (χ2v) is 6.19. The summed E-state index contributed by atoms with van der Waals surface area (Å²) in [7, 11) is 0. The van der Waals surface area contributed by atoms with E-state index in [0.717, 1.165) is 5.56 Å². The standard InChI is InChI=1S/C15H17ClN2O3/c1-15(2,9-14(19)20)8-13-17-12(18-21-13)7-10-5-3-4-6-11(10)16/h3-6H,7-9H2,1-2H3,(H,19,20). The number of rotatable bonds is 6. The van der Waals surface area contributed by atoms with Crippen molar-refractivity contribution in [1.29, 1.82) is 0 Å². The quantitative estimate of drug-likeness (QED) is 0.885. The summed E-state index contributed by atoms with van der Waals surface area (Å²) in [6.07, 6.45) is 0.965. The van der Waals surface area contributed by atoms with Crippen LogP contribution in [0.4, 0.5) is 0 Å². The van der Waals surface area contributed by atoms with E-state index in [1.54, 1.807) is 0 Å². The Hall–Kier alpha value is -1.88. The number of aliphatic carboxylic acids is 1. The van der Waals surface area contributed by atoms with Crippen LogP contribution in [0.5, 0.6) is 0 Å². The lowest BCUT2D eigenvalue weighted by Gasteiger charge is -2.19. The van der Waals surface area contributed by atoms with Crippen molar-refractivity contribution < 1.29 is 14.4 Å². The summed E-state index contributed by atoms with van der Waals surface area (Å²) >= 11 is 6.09. The fourth-order valence-corrected chi connectivity index (χ4v) is 2.33. The van der Waals surface area contributed by atoms with Crippen molar-refractivity contribution in [3.05, 3.63) is 46.6 Å².